The molecule has 0 radical (unpaired) electrons. The van der Waals surface area contributed by atoms with E-state index in [4.69, 9.17) is 0 Å². The van der Waals surface area contributed by atoms with Gasteiger partial charge in [0.25, 0.3) is 0 Å². The number of aliphatic hydroxyl groups is 1. The van der Waals surface area contributed by atoms with Crippen molar-refractivity contribution in [1.82, 2.24) is 4.90 Å². The lowest BCUT2D eigenvalue weighted by Crippen LogP contribution is -2.45. The molecule has 1 aromatic rings. The highest BCUT2D eigenvalue weighted by Gasteiger charge is 2.40. The molecule has 0 saturated heterocycles. The molecule has 1 aliphatic carbocycles. The minimum Gasteiger partial charge on any atom is -0.381 e. The molecule has 0 aliphatic heterocycles. The van der Waals surface area contributed by atoms with E-state index in [1.165, 1.54) is 0 Å². The van der Waals surface area contributed by atoms with Gasteiger partial charge in [-0.1, -0.05) is 49.1 Å². The summed E-state index contributed by atoms with van der Waals surface area (Å²) >= 11 is 0. The second kappa shape index (κ2) is 6.38. The second-order valence-corrected chi connectivity index (χ2v) is 5.96. The van der Waals surface area contributed by atoms with Crippen molar-refractivity contribution >= 4 is 6.08 Å². The van der Waals surface area contributed by atoms with E-state index in [-0.39, 0.29) is 5.92 Å². The van der Waals surface area contributed by atoms with Gasteiger partial charge in [0, 0.05) is 12.5 Å². The van der Waals surface area contributed by atoms with Gasteiger partial charge in [0.05, 0.1) is 0 Å². The lowest BCUT2D eigenvalue weighted by atomic mass is 9.71. The summed E-state index contributed by atoms with van der Waals surface area (Å²) < 4.78 is 0. The van der Waals surface area contributed by atoms with Gasteiger partial charge in [-0.25, -0.2) is 0 Å². The average Bonchev–Trinajstić information content (AvgIpc) is 2.44. The van der Waals surface area contributed by atoms with Crippen LogP contribution in [0, 0.1) is 5.92 Å². The van der Waals surface area contributed by atoms with Crippen LogP contribution in [-0.2, 0) is 0 Å². The highest BCUT2D eigenvalue weighted by Crippen LogP contribution is 2.40. The van der Waals surface area contributed by atoms with E-state index in [0.29, 0.717) is 0 Å². The molecule has 2 rings (SSSR count). The van der Waals surface area contributed by atoms with Gasteiger partial charge in [-0.3, -0.25) is 0 Å². The van der Waals surface area contributed by atoms with Crippen LogP contribution in [0.1, 0.15) is 24.8 Å². The van der Waals surface area contributed by atoms with Crippen molar-refractivity contribution in [3.8, 4) is 0 Å². The first kappa shape index (κ1) is 15.0. The maximum atomic E-state index is 11.1. The molecule has 0 bridgehead atoms. The van der Waals surface area contributed by atoms with Gasteiger partial charge in [0.1, 0.15) is 5.60 Å². The van der Waals surface area contributed by atoms with Crippen LogP contribution in [0.2, 0.25) is 0 Å². The molecule has 2 unspecified atom stereocenters. The predicted octanol–water partition coefficient (Wildman–Crippen LogP) is 3.35. The molecular formula is C18H25NO. The van der Waals surface area contributed by atoms with Crippen molar-refractivity contribution in [3.63, 3.8) is 0 Å². The van der Waals surface area contributed by atoms with Gasteiger partial charge in [0.15, 0.2) is 0 Å². The zero-order chi connectivity index (χ0) is 14.6. The molecule has 1 N–H and O–H groups in total. The molecule has 2 atom stereocenters. The summed E-state index contributed by atoms with van der Waals surface area (Å²) in [5.41, 5.74) is 1.36. The standard InChI is InChI=1S/C18H25NO/c1-4-18(20)16(13-15-9-6-5-7-10-15)11-8-12-17(18)14-19(2)3/h4-7,9-10,13,17,20H,1,8,11-12,14H2,2-3H3/b16-13-. The fraction of sp³-hybridized carbons (Fsp3) is 0.444. The van der Waals surface area contributed by atoms with Crippen molar-refractivity contribution in [3.05, 3.63) is 54.1 Å². The van der Waals surface area contributed by atoms with Crippen LogP contribution >= 0.6 is 0 Å². The Morgan fingerprint density at radius 1 is 1.35 bits per heavy atom. The van der Waals surface area contributed by atoms with Gasteiger partial charge in [0.2, 0.25) is 0 Å². The first-order chi connectivity index (χ1) is 9.56. The van der Waals surface area contributed by atoms with E-state index in [1.807, 2.05) is 18.2 Å². The Morgan fingerprint density at radius 3 is 2.65 bits per heavy atom. The largest absolute Gasteiger partial charge is 0.381 e. The van der Waals surface area contributed by atoms with E-state index >= 15 is 0 Å². The van der Waals surface area contributed by atoms with E-state index in [0.717, 1.165) is 36.9 Å². The third kappa shape index (κ3) is 3.20. The molecule has 0 heterocycles. The van der Waals surface area contributed by atoms with Gasteiger partial charge in [-0.2, -0.15) is 0 Å². The van der Waals surface area contributed by atoms with Crippen molar-refractivity contribution < 1.29 is 5.11 Å². The predicted molar refractivity (Wildman–Crippen MR) is 85.5 cm³/mol. The van der Waals surface area contributed by atoms with Gasteiger partial charge < -0.3 is 10.0 Å². The monoisotopic (exact) mass is 271 g/mol. The summed E-state index contributed by atoms with van der Waals surface area (Å²) in [6.07, 6.45) is 6.99. The smallest absolute Gasteiger partial charge is 0.108 e. The van der Waals surface area contributed by atoms with Gasteiger partial charge >= 0.3 is 0 Å². The van der Waals surface area contributed by atoms with Crippen molar-refractivity contribution in [2.45, 2.75) is 24.9 Å². The van der Waals surface area contributed by atoms with Crippen LogP contribution < -0.4 is 0 Å². The third-order valence-corrected chi connectivity index (χ3v) is 4.17. The Kier molecular flexibility index (Phi) is 4.79. The number of benzene rings is 1. The summed E-state index contributed by atoms with van der Waals surface area (Å²) in [6, 6.07) is 10.2. The van der Waals surface area contributed by atoms with Gasteiger partial charge in [-0.15, -0.1) is 0 Å². The maximum Gasteiger partial charge on any atom is 0.108 e. The molecule has 1 fully saturated rings. The summed E-state index contributed by atoms with van der Waals surface area (Å²) in [7, 11) is 4.11. The molecule has 0 amide bonds. The van der Waals surface area contributed by atoms with E-state index in [2.05, 4.69) is 43.8 Å². The summed E-state index contributed by atoms with van der Waals surface area (Å²) in [5.74, 6) is 0.221. The molecule has 20 heavy (non-hydrogen) atoms. The summed E-state index contributed by atoms with van der Waals surface area (Å²) in [4.78, 5) is 2.14. The molecule has 2 nitrogen and oxygen atoms in total. The SMILES string of the molecule is C=CC1(O)/C(=C\c2ccccc2)CCCC1CN(C)C. The quantitative estimate of drug-likeness (QED) is 0.849. The van der Waals surface area contributed by atoms with Crippen LogP contribution in [0.5, 0.6) is 0 Å². The Balaban J connectivity index is 2.31. The highest BCUT2D eigenvalue weighted by molar-refractivity contribution is 5.56. The van der Waals surface area contributed by atoms with E-state index in [9.17, 15) is 5.11 Å². The summed E-state index contributed by atoms with van der Waals surface area (Å²) in [5, 5.41) is 11.1. The molecule has 2 heteroatoms. The van der Waals surface area contributed by atoms with Crippen LogP contribution in [0.3, 0.4) is 0 Å². The Labute approximate surface area is 122 Å². The van der Waals surface area contributed by atoms with Crippen molar-refractivity contribution in [2.75, 3.05) is 20.6 Å². The van der Waals surface area contributed by atoms with Crippen LogP contribution in [0.25, 0.3) is 6.08 Å². The molecule has 0 aromatic heterocycles. The molecule has 1 aromatic carbocycles. The van der Waals surface area contributed by atoms with Crippen molar-refractivity contribution in [2.24, 2.45) is 5.92 Å². The normalized spacial score (nSPS) is 28.8. The third-order valence-electron chi connectivity index (χ3n) is 4.17. The molecule has 1 aliphatic rings. The Bertz CT molecular complexity index is 477. The van der Waals surface area contributed by atoms with Crippen molar-refractivity contribution in [1.29, 1.82) is 0 Å². The molecule has 108 valence electrons. The topological polar surface area (TPSA) is 23.5 Å². The minimum absolute atomic E-state index is 0.221. The fourth-order valence-electron chi connectivity index (χ4n) is 3.13. The highest BCUT2D eigenvalue weighted by atomic mass is 16.3. The zero-order valence-corrected chi connectivity index (χ0v) is 12.5. The molecular weight excluding hydrogens is 246 g/mol. The van der Waals surface area contributed by atoms with Crippen LogP contribution in [0.15, 0.2) is 48.6 Å². The van der Waals surface area contributed by atoms with E-state index < -0.39 is 5.60 Å². The Morgan fingerprint density at radius 2 is 2.05 bits per heavy atom. The van der Waals surface area contributed by atoms with Crippen LogP contribution in [-0.4, -0.2) is 36.2 Å². The number of rotatable bonds is 4. The lowest BCUT2D eigenvalue weighted by Gasteiger charge is -2.41. The summed E-state index contributed by atoms with van der Waals surface area (Å²) in [6.45, 7) is 4.78. The molecule has 0 spiro atoms. The minimum atomic E-state index is -0.877. The zero-order valence-electron chi connectivity index (χ0n) is 12.5. The Hall–Kier alpha value is -1.38. The number of hydrogen-bond acceptors (Lipinski definition) is 2. The second-order valence-electron chi connectivity index (χ2n) is 5.96. The number of nitrogens with zero attached hydrogens (tertiary/aromatic N) is 1. The first-order valence-corrected chi connectivity index (χ1v) is 7.33. The first-order valence-electron chi connectivity index (χ1n) is 7.33. The average molecular weight is 271 g/mol. The maximum absolute atomic E-state index is 11.1. The number of hydrogen-bond donors (Lipinski definition) is 1. The molecule has 1 saturated carbocycles. The fourth-order valence-corrected chi connectivity index (χ4v) is 3.13. The van der Waals surface area contributed by atoms with Crippen LogP contribution in [0.4, 0.5) is 0 Å². The lowest BCUT2D eigenvalue weighted by molar-refractivity contribution is 0.0292. The van der Waals surface area contributed by atoms with E-state index in [1.54, 1.807) is 6.08 Å². The van der Waals surface area contributed by atoms with Gasteiger partial charge in [-0.05, 0) is 44.5 Å².